The summed E-state index contributed by atoms with van der Waals surface area (Å²) in [5, 5.41) is 12.6. The molecule has 0 saturated heterocycles. The zero-order chi connectivity index (χ0) is 21.5. The Morgan fingerprint density at radius 3 is 2.37 bits per heavy atom. The lowest BCUT2D eigenvalue weighted by molar-refractivity contribution is -0.172. The van der Waals surface area contributed by atoms with Crippen molar-refractivity contribution in [3.05, 3.63) is 47.5 Å². The average Bonchev–Trinajstić information content (AvgIpc) is 3.09. The molecule has 0 aromatic heterocycles. The number of esters is 2. The number of hydrogen-bond acceptors (Lipinski definition) is 6. The van der Waals surface area contributed by atoms with Gasteiger partial charge in [0.15, 0.2) is 11.2 Å². The van der Waals surface area contributed by atoms with E-state index in [4.69, 9.17) is 9.47 Å². The summed E-state index contributed by atoms with van der Waals surface area (Å²) < 4.78 is 10.4. The lowest BCUT2D eigenvalue weighted by Crippen LogP contribution is -2.40. The molecule has 3 atom stereocenters. The van der Waals surface area contributed by atoms with Crippen molar-refractivity contribution >= 4 is 28.5 Å². The van der Waals surface area contributed by atoms with E-state index >= 15 is 0 Å². The summed E-state index contributed by atoms with van der Waals surface area (Å²) in [6.45, 7) is 3.64. The molecule has 2 aromatic rings. The summed E-state index contributed by atoms with van der Waals surface area (Å²) in [5.74, 6) is -2.28. The first kappa shape index (κ1) is 20.5. The Kier molecular flexibility index (Phi) is 5.36. The fourth-order valence-electron chi connectivity index (χ4n) is 5.16. The van der Waals surface area contributed by atoms with E-state index in [1.165, 1.54) is 0 Å². The fraction of sp³-hybridized carbons (Fsp3) is 0.458. The summed E-state index contributed by atoms with van der Waals surface area (Å²) >= 11 is 0. The number of hydrogen-bond donors (Lipinski definition) is 1. The van der Waals surface area contributed by atoms with E-state index in [0.29, 0.717) is 17.5 Å². The molecule has 0 heterocycles. The molecule has 6 nitrogen and oxygen atoms in total. The first-order valence-corrected chi connectivity index (χ1v) is 10.5. The highest BCUT2D eigenvalue weighted by Gasteiger charge is 2.60. The number of aliphatic hydroxyl groups is 1. The van der Waals surface area contributed by atoms with E-state index in [1.807, 2.05) is 36.4 Å². The molecule has 0 bridgehead atoms. The third-order valence-corrected chi connectivity index (χ3v) is 6.51. The molecule has 158 valence electrons. The van der Waals surface area contributed by atoms with Crippen LogP contribution in [0.4, 0.5) is 0 Å². The predicted octanol–water partition coefficient (Wildman–Crippen LogP) is 3.60. The fourth-order valence-corrected chi connectivity index (χ4v) is 5.16. The molecule has 4 rings (SSSR count). The van der Waals surface area contributed by atoms with Gasteiger partial charge in [-0.15, -0.1) is 0 Å². The van der Waals surface area contributed by atoms with Crippen LogP contribution in [0.1, 0.15) is 55.1 Å². The van der Waals surface area contributed by atoms with Crippen molar-refractivity contribution in [3.8, 4) is 0 Å². The summed E-state index contributed by atoms with van der Waals surface area (Å²) in [4.78, 5) is 39.4. The molecule has 0 spiro atoms. The van der Waals surface area contributed by atoms with Crippen LogP contribution in [0.5, 0.6) is 0 Å². The highest BCUT2D eigenvalue weighted by molar-refractivity contribution is 6.12. The van der Waals surface area contributed by atoms with Gasteiger partial charge >= 0.3 is 11.9 Å². The lowest BCUT2D eigenvalue weighted by Gasteiger charge is -2.25. The summed E-state index contributed by atoms with van der Waals surface area (Å²) in [5.41, 5.74) is -0.388. The third kappa shape index (κ3) is 3.10. The van der Waals surface area contributed by atoms with E-state index in [1.54, 1.807) is 13.8 Å². The second kappa shape index (κ2) is 7.84. The van der Waals surface area contributed by atoms with Crippen molar-refractivity contribution < 1.29 is 29.0 Å². The predicted molar refractivity (Wildman–Crippen MR) is 110 cm³/mol. The van der Waals surface area contributed by atoms with Gasteiger partial charge in [-0.25, -0.2) is 0 Å². The minimum absolute atomic E-state index is 0.0452. The molecular weight excluding hydrogens is 384 g/mol. The van der Waals surface area contributed by atoms with Crippen LogP contribution in [-0.2, 0) is 19.1 Å². The van der Waals surface area contributed by atoms with Crippen molar-refractivity contribution in [2.45, 2.75) is 39.2 Å². The Balaban J connectivity index is 1.81. The van der Waals surface area contributed by atoms with Crippen LogP contribution >= 0.6 is 0 Å². The van der Waals surface area contributed by atoms with Gasteiger partial charge in [-0.1, -0.05) is 36.4 Å². The Labute approximate surface area is 175 Å². The highest BCUT2D eigenvalue weighted by Crippen LogP contribution is 2.53. The Hall–Kier alpha value is -2.73. The van der Waals surface area contributed by atoms with Crippen molar-refractivity contribution in [2.24, 2.45) is 17.3 Å². The quantitative estimate of drug-likeness (QED) is 0.612. The van der Waals surface area contributed by atoms with Crippen molar-refractivity contribution in [3.63, 3.8) is 0 Å². The van der Waals surface area contributed by atoms with Gasteiger partial charge in [0.25, 0.3) is 0 Å². The van der Waals surface area contributed by atoms with Crippen molar-refractivity contribution in [1.82, 2.24) is 0 Å². The summed E-state index contributed by atoms with van der Waals surface area (Å²) in [7, 11) is 0. The van der Waals surface area contributed by atoms with E-state index in [-0.39, 0.29) is 37.8 Å². The van der Waals surface area contributed by atoms with Crippen LogP contribution < -0.4 is 0 Å². The molecule has 30 heavy (non-hydrogen) atoms. The van der Waals surface area contributed by atoms with Gasteiger partial charge in [0.05, 0.1) is 19.3 Å². The molecule has 0 unspecified atom stereocenters. The number of ether oxygens (including phenoxy) is 2. The number of Topliss-reactive ketones (excluding diaryl/α,β-unsaturated/α-hetero) is 1. The normalized spacial score (nSPS) is 24.6. The zero-order valence-electron chi connectivity index (χ0n) is 17.2. The zero-order valence-corrected chi connectivity index (χ0v) is 17.2. The van der Waals surface area contributed by atoms with E-state index in [2.05, 4.69) is 0 Å². The smallest absolute Gasteiger partial charge is 0.323 e. The molecule has 6 heteroatoms. The molecule has 2 aromatic carbocycles. The van der Waals surface area contributed by atoms with Gasteiger partial charge < -0.3 is 14.6 Å². The minimum Gasteiger partial charge on any atom is -0.465 e. The Bertz CT molecular complexity index is 992. The number of aliphatic hydroxyl groups excluding tert-OH is 1. The minimum atomic E-state index is -1.50. The third-order valence-electron chi connectivity index (χ3n) is 6.51. The molecule has 1 N–H and O–H groups in total. The standard InChI is InChI=1S/C24H26O6/c1-3-29-22(27)24(23(28)30-4-2)12-15-11-19(25)17-10-9-14-7-5-6-8-16(14)20(17)21(26)18(15)13-24/h5-10,15,18-19,25H,3-4,11-13H2,1-2H3/t15-,18-,19-/m0/s1. The molecular formula is C24H26O6. The first-order valence-electron chi connectivity index (χ1n) is 10.5. The molecule has 0 radical (unpaired) electrons. The number of benzene rings is 2. The largest absolute Gasteiger partial charge is 0.465 e. The highest BCUT2D eigenvalue weighted by atomic mass is 16.6. The van der Waals surface area contributed by atoms with Gasteiger partial charge in [-0.05, 0) is 55.4 Å². The van der Waals surface area contributed by atoms with Crippen molar-refractivity contribution in [1.29, 1.82) is 0 Å². The number of ketones is 1. The summed E-state index contributed by atoms with van der Waals surface area (Å²) in [6.07, 6.45) is -0.348. The maximum absolute atomic E-state index is 13.7. The Morgan fingerprint density at radius 1 is 1.03 bits per heavy atom. The maximum Gasteiger partial charge on any atom is 0.323 e. The second-order valence-electron chi connectivity index (χ2n) is 8.16. The molecule has 2 aliphatic rings. The van der Waals surface area contributed by atoms with E-state index < -0.39 is 29.4 Å². The van der Waals surface area contributed by atoms with E-state index in [9.17, 15) is 19.5 Å². The van der Waals surface area contributed by atoms with Crippen LogP contribution in [-0.4, -0.2) is 36.0 Å². The van der Waals surface area contributed by atoms with Crippen LogP contribution in [0.2, 0.25) is 0 Å². The first-order chi connectivity index (χ1) is 14.4. The van der Waals surface area contributed by atoms with Crippen LogP contribution in [0, 0.1) is 17.3 Å². The van der Waals surface area contributed by atoms with Gasteiger partial charge in [0, 0.05) is 11.5 Å². The molecule has 1 fully saturated rings. The number of carbonyl (C=O) groups is 3. The van der Waals surface area contributed by atoms with Crippen LogP contribution in [0.15, 0.2) is 36.4 Å². The number of rotatable bonds is 4. The topological polar surface area (TPSA) is 89.9 Å². The number of carbonyl (C=O) groups excluding carboxylic acids is 3. The van der Waals surface area contributed by atoms with Gasteiger partial charge in [-0.3, -0.25) is 14.4 Å². The maximum atomic E-state index is 13.7. The van der Waals surface area contributed by atoms with Gasteiger partial charge in [-0.2, -0.15) is 0 Å². The number of fused-ring (bicyclic) bond motifs is 4. The SMILES string of the molecule is CCOC(=O)C1(C(=O)OCC)C[C@@H]2C[C@H](O)c3ccc4ccccc4c3C(=O)[C@H]2C1. The lowest BCUT2D eigenvalue weighted by atomic mass is 9.82. The van der Waals surface area contributed by atoms with Crippen LogP contribution in [0.3, 0.4) is 0 Å². The molecule has 0 amide bonds. The van der Waals surface area contributed by atoms with Crippen LogP contribution in [0.25, 0.3) is 10.8 Å². The average molecular weight is 410 g/mol. The Morgan fingerprint density at radius 2 is 1.70 bits per heavy atom. The molecule has 0 aliphatic heterocycles. The monoisotopic (exact) mass is 410 g/mol. The van der Waals surface area contributed by atoms with E-state index in [0.717, 1.165) is 10.8 Å². The molecule has 2 aliphatic carbocycles. The van der Waals surface area contributed by atoms with Gasteiger partial charge in [0.1, 0.15) is 0 Å². The molecule has 1 saturated carbocycles. The van der Waals surface area contributed by atoms with Crippen molar-refractivity contribution in [2.75, 3.05) is 13.2 Å². The van der Waals surface area contributed by atoms with Gasteiger partial charge in [0.2, 0.25) is 0 Å². The summed E-state index contributed by atoms with van der Waals surface area (Å²) in [6, 6.07) is 11.3. The second-order valence-corrected chi connectivity index (χ2v) is 8.16.